The van der Waals surface area contributed by atoms with Crippen LogP contribution in [0.25, 0.3) is 5.82 Å². The number of likely N-dealkylation sites (N-methyl/N-ethyl adjacent to an activating group) is 1. The summed E-state index contributed by atoms with van der Waals surface area (Å²) in [5.41, 5.74) is 5.06. The number of benzene rings is 1. The van der Waals surface area contributed by atoms with Gasteiger partial charge in [-0.05, 0) is 49.7 Å². The number of amides is 1. The monoisotopic (exact) mass is 431 g/mol. The van der Waals surface area contributed by atoms with Gasteiger partial charge in [0.1, 0.15) is 5.82 Å². The number of carbonyl (C=O) groups excluding carboxylic acids is 1. The molecule has 3 aromatic rings. The second kappa shape index (κ2) is 10.1. The zero-order chi connectivity index (χ0) is 22.5. The van der Waals surface area contributed by atoms with Crippen molar-refractivity contribution in [2.75, 3.05) is 32.7 Å². The molecule has 4 rings (SSSR count). The minimum absolute atomic E-state index is 0.0494. The number of nitrogens with one attached hydrogen (secondary N) is 1. The van der Waals surface area contributed by atoms with Crippen molar-refractivity contribution in [1.82, 2.24) is 24.7 Å². The molecule has 6 nitrogen and oxygen atoms in total. The number of hydrogen-bond donors (Lipinski definition) is 1. The first kappa shape index (κ1) is 22.2. The van der Waals surface area contributed by atoms with Crippen LogP contribution in [-0.2, 0) is 13.1 Å². The van der Waals surface area contributed by atoms with Gasteiger partial charge in [-0.1, -0.05) is 37.3 Å². The van der Waals surface area contributed by atoms with Gasteiger partial charge in [-0.15, -0.1) is 0 Å². The Morgan fingerprint density at radius 3 is 2.34 bits per heavy atom. The molecule has 1 amide bonds. The van der Waals surface area contributed by atoms with Gasteiger partial charge in [0, 0.05) is 56.9 Å². The second-order valence-electron chi connectivity index (χ2n) is 8.47. The third-order valence-electron chi connectivity index (χ3n) is 6.42. The summed E-state index contributed by atoms with van der Waals surface area (Å²) < 4.78 is 2.03. The van der Waals surface area contributed by atoms with Gasteiger partial charge in [-0.2, -0.15) is 0 Å². The third kappa shape index (κ3) is 4.92. The minimum Gasteiger partial charge on any atom is -0.348 e. The Hall–Kier alpha value is -2.96. The molecule has 0 unspecified atom stereocenters. The molecule has 6 heteroatoms. The van der Waals surface area contributed by atoms with Crippen molar-refractivity contribution >= 4 is 5.91 Å². The van der Waals surface area contributed by atoms with Crippen LogP contribution in [0.3, 0.4) is 0 Å². The highest BCUT2D eigenvalue weighted by molar-refractivity contribution is 5.95. The number of hydrogen-bond acceptors (Lipinski definition) is 4. The SMILES string of the molecule is CCN1CCN(Cc2ccccc2CNC(=O)c2cc(C)n(-c3ccccn3)c2C)CC1. The van der Waals surface area contributed by atoms with Crippen LogP contribution in [0.5, 0.6) is 0 Å². The highest BCUT2D eigenvalue weighted by Gasteiger charge is 2.19. The lowest BCUT2D eigenvalue weighted by Gasteiger charge is -2.34. The second-order valence-corrected chi connectivity index (χ2v) is 8.47. The molecule has 2 aromatic heterocycles. The Balaban J connectivity index is 1.43. The smallest absolute Gasteiger partial charge is 0.253 e. The molecule has 1 fully saturated rings. The van der Waals surface area contributed by atoms with Crippen LogP contribution in [-0.4, -0.2) is 58.0 Å². The van der Waals surface area contributed by atoms with Gasteiger partial charge in [0.15, 0.2) is 0 Å². The summed E-state index contributed by atoms with van der Waals surface area (Å²) in [4.78, 5) is 22.5. The molecular formula is C26H33N5O. The highest BCUT2D eigenvalue weighted by Crippen LogP contribution is 2.20. The zero-order valence-electron chi connectivity index (χ0n) is 19.3. The van der Waals surface area contributed by atoms with Gasteiger partial charge in [0.2, 0.25) is 0 Å². The van der Waals surface area contributed by atoms with E-state index in [4.69, 9.17) is 0 Å². The molecule has 0 bridgehead atoms. The van der Waals surface area contributed by atoms with Gasteiger partial charge in [0.25, 0.3) is 5.91 Å². The van der Waals surface area contributed by atoms with E-state index in [0.29, 0.717) is 12.1 Å². The van der Waals surface area contributed by atoms with Crippen LogP contribution < -0.4 is 5.32 Å². The van der Waals surface area contributed by atoms with Gasteiger partial charge in [-0.25, -0.2) is 4.98 Å². The summed E-state index contributed by atoms with van der Waals surface area (Å²) in [5.74, 6) is 0.779. The maximum atomic E-state index is 13.0. The number of nitrogens with zero attached hydrogens (tertiary/aromatic N) is 4. The molecular weight excluding hydrogens is 398 g/mol. The largest absolute Gasteiger partial charge is 0.348 e. The molecule has 1 aliphatic rings. The van der Waals surface area contributed by atoms with E-state index in [0.717, 1.165) is 56.5 Å². The Labute approximate surface area is 190 Å². The molecule has 0 spiro atoms. The van der Waals surface area contributed by atoms with Crippen LogP contribution in [0, 0.1) is 13.8 Å². The maximum Gasteiger partial charge on any atom is 0.253 e. The number of carbonyl (C=O) groups is 1. The molecule has 0 aliphatic carbocycles. The van der Waals surface area contributed by atoms with Crippen molar-refractivity contribution in [3.05, 3.63) is 82.8 Å². The van der Waals surface area contributed by atoms with Crippen molar-refractivity contribution in [1.29, 1.82) is 0 Å². The number of pyridine rings is 1. The lowest BCUT2D eigenvalue weighted by molar-refractivity contribution is 0.0950. The fourth-order valence-corrected chi connectivity index (χ4v) is 4.49. The summed E-state index contributed by atoms with van der Waals surface area (Å²) in [6.07, 6.45) is 1.77. The molecule has 0 saturated carbocycles. The summed E-state index contributed by atoms with van der Waals surface area (Å²) >= 11 is 0. The topological polar surface area (TPSA) is 53.4 Å². The van der Waals surface area contributed by atoms with Gasteiger partial charge in [0.05, 0.1) is 5.56 Å². The zero-order valence-corrected chi connectivity index (χ0v) is 19.3. The summed E-state index contributed by atoms with van der Waals surface area (Å²) in [5, 5.41) is 3.14. The van der Waals surface area contributed by atoms with E-state index in [9.17, 15) is 4.79 Å². The van der Waals surface area contributed by atoms with Gasteiger partial charge in [-0.3, -0.25) is 9.69 Å². The highest BCUT2D eigenvalue weighted by atomic mass is 16.1. The van der Waals surface area contributed by atoms with E-state index in [1.54, 1.807) is 6.20 Å². The normalized spacial score (nSPS) is 15.1. The average Bonchev–Trinajstić information content (AvgIpc) is 3.13. The van der Waals surface area contributed by atoms with E-state index in [2.05, 4.69) is 45.2 Å². The van der Waals surface area contributed by atoms with Crippen LogP contribution in [0.2, 0.25) is 0 Å². The van der Waals surface area contributed by atoms with Crippen LogP contribution in [0.1, 0.15) is 39.8 Å². The molecule has 0 atom stereocenters. The van der Waals surface area contributed by atoms with Crippen molar-refractivity contribution < 1.29 is 4.79 Å². The maximum absolute atomic E-state index is 13.0. The first-order valence-electron chi connectivity index (χ1n) is 11.5. The minimum atomic E-state index is -0.0494. The Morgan fingerprint density at radius 2 is 1.66 bits per heavy atom. The fourth-order valence-electron chi connectivity index (χ4n) is 4.49. The number of rotatable bonds is 7. The quantitative estimate of drug-likeness (QED) is 0.622. The molecule has 0 radical (unpaired) electrons. The van der Waals surface area contributed by atoms with Crippen LogP contribution >= 0.6 is 0 Å². The molecule has 1 saturated heterocycles. The summed E-state index contributed by atoms with van der Waals surface area (Å²) in [7, 11) is 0. The average molecular weight is 432 g/mol. The van der Waals surface area contributed by atoms with Gasteiger partial charge >= 0.3 is 0 Å². The predicted molar refractivity (Wildman–Crippen MR) is 128 cm³/mol. The molecule has 32 heavy (non-hydrogen) atoms. The van der Waals surface area contributed by atoms with E-state index in [1.807, 2.05) is 48.7 Å². The summed E-state index contributed by atoms with van der Waals surface area (Å²) in [6.45, 7) is 13.2. The Kier molecular flexibility index (Phi) is 7.02. The third-order valence-corrected chi connectivity index (χ3v) is 6.42. The Bertz CT molecular complexity index is 1050. The molecule has 1 N–H and O–H groups in total. The first-order valence-corrected chi connectivity index (χ1v) is 11.5. The fraction of sp³-hybridized carbons (Fsp3) is 0.385. The lowest BCUT2D eigenvalue weighted by atomic mass is 10.1. The molecule has 1 aliphatic heterocycles. The first-order chi connectivity index (χ1) is 15.6. The van der Waals surface area contributed by atoms with E-state index < -0.39 is 0 Å². The van der Waals surface area contributed by atoms with E-state index in [1.165, 1.54) is 11.1 Å². The predicted octanol–water partition coefficient (Wildman–Crippen LogP) is 3.56. The Morgan fingerprint density at radius 1 is 0.969 bits per heavy atom. The standard InChI is InChI=1S/C26H33N5O/c1-4-29-13-15-30(16-14-29)19-23-10-6-5-9-22(23)18-28-26(32)24-17-20(2)31(21(24)3)25-11-7-8-12-27-25/h5-12,17H,4,13-16,18-19H2,1-3H3,(H,28,32). The lowest BCUT2D eigenvalue weighted by Crippen LogP contribution is -2.45. The summed E-state index contributed by atoms with van der Waals surface area (Å²) in [6, 6.07) is 16.2. The van der Waals surface area contributed by atoms with Crippen molar-refractivity contribution in [2.45, 2.75) is 33.9 Å². The van der Waals surface area contributed by atoms with Crippen molar-refractivity contribution in [3.8, 4) is 5.82 Å². The molecule has 168 valence electrons. The number of aryl methyl sites for hydroxylation is 1. The number of aromatic nitrogens is 2. The molecule has 3 heterocycles. The van der Waals surface area contributed by atoms with Crippen molar-refractivity contribution in [3.63, 3.8) is 0 Å². The van der Waals surface area contributed by atoms with Crippen LogP contribution in [0.4, 0.5) is 0 Å². The van der Waals surface area contributed by atoms with E-state index in [-0.39, 0.29) is 5.91 Å². The van der Waals surface area contributed by atoms with Crippen LogP contribution in [0.15, 0.2) is 54.7 Å². The van der Waals surface area contributed by atoms with E-state index >= 15 is 0 Å². The van der Waals surface area contributed by atoms with Crippen molar-refractivity contribution in [2.24, 2.45) is 0 Å². The molecule has 1 aromatic carbocycles. The van der Waals surface area contributed by atoms with Gasteiger partial charge < -0.3 is 14.8 Å². The number of piperazine rings is 1.